The molecule has 1 atom stereocenters. The molecule has 1 unspecified atom stereocenters. The number of nitrogens with zero attached hydrogens (tertiary/aromatic N) is 1. The van der Waals surface area contributed by atoms with Crippen molar-refractivity contribution in [3.05, 3.63) is 105 Å². The first-order valence-electron chi connectivity index (χ1n) is 11.6. The number of carbonyl (C=O) groups excluding carboxylic acids is 2. The van der Waals surface area contributed by atoms with Gasteiger partial charge in [0, 0.05) is 11.3 Å². The summed E-state index contributed by atoms with van der Waals surface area (Å²) in [6, 6.07) is 19.2. The van der Waals surface area contributed by atoms with Crippen molar-refractivity contribution in [2.75, 3.05) is 4.90 Å². The molecule has 180 valence electrons. The summed E-state index contributed by atoms with van der Waals surface area (Å²) in [5.41, 5.74) is 3.90. The molecule has 35 heavy (non-hydrogen) atoms. The Morgan fingerprint density at radius 3 is 1.86 bits per heavy atom. The first kappa shape index (κ1) is 25.0. The maximum Gasteiger partial charge on any atom is 0.300 e. The quantitative estimate of drug-likeness (QED) is 0.217. The molecule has 0 bridgehead atoms. The van der Waals surface area contributed by atoms with E-state index in [1.165, 1.54) is 11.0 Å². The molecule has 6 heteroatoms. The van der Waals surface area contributed by atoms with Crippen LogP contribution >= 0.6 is 23.2 Å². The number of benzene rings is 3. The molecular weight excluding hydrogens is 481 g/mol. The van der Waals surface area contributed by atoms with Crippen molar-refractivity contribution < 1.29 is 14.7 Å². The minimum absolute atomic E-state index is 0.0126. The average Bonchev–Trinajstić information content (AvgIpc) is 3.10. The third-order valence-corrected chi connectivity index (χ3v) is 7.13. The van der Waals surface area contributed by atoms with Crippen LogP contribution in [0.4, 0.5) is 5.69 Å². The molecule has 4 nitrogen and oxygen atoms in total. The monoisotopic (exact) mass is 507 g/mol. The van der Waals surface area contributed by atoms with E-state index in [4.69, 9.17) is 23.2 Å². The molecule has 3 aromatic rings. The third-order valence-electron chi connectivity index (χ3n) is 6.39. The topological polar surface area (TPSA) is 57.6 Å². The molecule has 1 fully saturated rings. The second-order valence-corrected chi connectivity index (χ2v) is 10.2. The number of aliphatic hydroxyl groups is 1. The van der Waals surface area contributed by atoms with Crippen LogP contribution < -0.4 is 4.90 Å². The maximum atomic E-state index is 13.3. The Hall–Kier alpha value is -3.08. The Bertz CT molecular complexity index is 1310. The second kappa shape index (κ2) is 9.88. The van der Waals surface area contributed by atoms with Crippen molar-refractivity contribution in [2.45, 2.75) is 45.6 Å². The Morgan fingerprint density at radius 1 is 0.800 bits per heavy atom. The van der Waals surface area contributed by atoms with E-state index >= 15 is 0 Å². The molecule has 0 spiro atoms. The number of aliphatic hydroxyl groups excluding tert-OH is 1. The Labute approximate surface area is 215 Å². The van der Waals surface area contributed by atoms with Crippen LogP contribution in [0.3, 0.4) is 0 Å². The molecule has 1 saturated heterocycles. The standard InChI is InChI=1S/C29H27Cl2NO3/c1-16(2)18-5-7-20(8-6-18)26-25(27(33)21-11-14-23(30)24(31)15-21)28(34)29(35)32(26)22-12-9-19(10-13-22)17(3)4/h5-17,26,33H,1-4H3/b27-25-. The number of rotatable bonds is 5. The molecule has 1 N–H and O–H groups in total. The lowest BCUT2D eigenvalue weighted by atomic mass is 9.93. The van der Waals surface area contributed by atoms with E-state index in [1.54, 1.807) is 12.1 Å². The van der Waals surface area contributed by atoms with Gasteiger partial charge >= 0.3 is 0 Å². The van der Waals surface area contributed by atoms with Crippen molar-refractivity contribution in [3.63, 3.8) is 0 Å². The van der Waals surface area contributed by atoms with Gasteiger partial charge in [0.1, 0.15) is 5.76 Å². The molecule has 1 aliphatic rings. The van der Waals surface area contributed by atoms with Crippen LogP contribution in [-0.4, -0.2) is 16.8 Å². The Morgan fingerprint density at radius 2 is 1.34 bits per heavy atom. The summed E-state index contributed by atoms with van der Waals surface area (Å²) in [6.07, 6.45) is 0. The molecular formula is C29H27Cl2NO3. The zero-order valence-electron chi connectivity index (χ0n) is 20.0. The molecule has 0 aromatic heterocycles. The highest BCUT2D eigenvalue weighted by molar-refractivity contribution is 6.51. The smallest absolute Gasteiger partial charge is 0.300 e. The van der Waals surface area contributed by atoms with Crippen molar-refractivity contribution in [1.82, 2.24) is 0 Å². The van der Waals surface area contributed by atoms with Crippen molar-refractivity contribution in [3.8, 4) is 0 Å². The summed E-state index contributed by atoms with van der Waals surface area (Å²) in [5.74, 6) is -1.08. The van der Waals surface area contributed by atoms with Gasteiger partial charge in [-0.15, -0.1) is 0 Å². The predicted molar refractivity (Wildman–Crippen MR) is 142 cm³/mol. The number of halogens is 2. The largest absolute Gasteiger partial charge is 0.507 e. The highest BCUT2D eigenvalue weighted by atomic mass is 35.5. The summed E-state index contributed by atoms with van der Waals surface area (Å²) in [4.78, 5) is 28.1. The fourth-order valence-electron chi connectivity index (χ4n) is 4.30. The first-order valence-corrected chi connectivity index (χ1v) is 12.3. The zero-order chi connectivity index (χ0) is 25.4. The second-order valence-electron chi connectivity index (χ2n) is 9.37. The van der Waals surface area contributed by atoms with Crippen LogP contribution in [-0.2, 0) is 9.59 Å². The fraction of sp³-hybridized carbons (Fsp3) is 0.241. The van der Waals surface area contributed by atoms with Crippen molar-refractivity contribution in [1.29, 1.82) is 0 Å². The van der Waals surface area contributed by atoms with Crippen molar-refractivity contribution in [2.24, 2.45) is 0 Å². The lowest BCUT2D eigenvalue weighted by Gasteiger charge is -2.26. The van der Waals surface area contributed by atoms with E-state index < -0.39 is 17.7 Å². The average molecular weight is 508 g/mol. The number of Topliss-reactive ketones (excluding diaryl/α,β-unsaturated/α-hetero) is 1. The number of anilines is 1. The molecule has 1 amide bonds. The van der Waals surface area contributed by atoms with Gasteiger partial charge in [-0.25, -0.2) is 0 Å². The van der Waals surface area contributed by atoms with Crippen molar-refractivity contribution >= 4 is 46.3 Å². The fourth-order valence-corrected chi connectivity index (χ4v) is 4.59. The summed E-state index contributed by atoms with van der Waals surface area (Å²) in [6.45, 7) is 8.38. The molecule has 1 heterocycles. The molecule has 1 aliphatic heterocycles. The van der Waals surface area contributed by atoms with Crippen LogP contribution in [0.1, 0.15) is 67.8 Å². The van der Waals surface area contributed by atoms with Gasteiger partial charge in [0.15, 0.2) is 0 Å². The number of ketones is 1. The van der Waals surface area contributed by atoms with E-state index in [1.807, 2.05) is 48.5 Å². The number of hydrogen-bond acceptors (Lipinski definition) is 3. The molecule has 0 aliphatic carbocycles. The normalized spacial score (nSPS) is 17.6. The minimum atomic E-state index is -0.796. The van der Waals surface area contributed by atoms with Crippen LogP contribution in [0.25, 0.3) is 5.76 Å². The van der Waals surface area contributed by atoms with Gasteiger partial charge in [0.2, 0.25) is 0 Å². The van der Waals surface area contributed by atoms with Crippen LogP contribution in [0.5, 0.6) is 0 Å². The van der Waals surface area contributed by atoms with Gasteiger partial charge < -0.3 is 5.11 Å². The zero-order valence-corrected chi connectivity index (χ0v) is 21.6. The number of carbonyl (C=O) groups is 2. The lowest BCUT2D eigenvalue weighted by molar-refractivity contribution is -0.132. The van der Waals surface area contributed by atoms with E-state index in [-0.39, 0.29) is 16.4 Å². The van der Waals surface area contributed by atoms with Gasteiger partial charge in [0.05, 0.1) is 21.7 Å². The molecule has 4 rings (SSSR count). The van der Waals surface area contributed by atoms with Crippen LogP contribution in [0, 0.1) is 0 Å². The first-order chi connectivity index (χ1) is 16.6. The molecule has 3 aromatic carbocycles. The van der Waals surface area contributed by atoms with Gasteiger partial charge in [-0.3, -0.25) is 14.5 Å². The Kier molecular flexibility index (Phi) is 7.07. The molecule has 0 saturated carbocycles. The van der Waals surface area contributed by atoms with Gasteiger partial charge in [0.25, 0.3) is 11.7 Å². The minimum Gasteiger partial charge on any atom is -0.507 e. The summed E-state index contributed by atoms with van der Waals surface area (Å²) < 4.78 is 0. The lowest BCUT2D eigenvalue weighted by Crippen LogP contribution is -2.29. The maximum absolute atomic E-state index is 13.3. The molecule has 0 radical (unpaired) electrons. The van der Waals surface area contributed by atoms with E-state index in [0.717, 1.165) is 16.7 Å². The number of amides is 1. The van der Waals surface area contributed by atoms with Gasteiger partial charge in [-0.05, 0) is 58.9 Å². The number of hydrogen-bond donors (Lipinski definition) is 1. The van der Waals surface area contributed by atoms with E-state index in [0.29, 0.717) is 28.1 Å². The van der Waals surface area contributed by atoms with Gasteiger partial charge in [-0.2, -0.15) is 0 Å². The highest BCUT2D eigenvalue weighted by Crippen LogP contribution is 2.43. The van der Waals surface area contributed by atoms with E-state index in [2.05, 4.69) is 27.7 Å². The summed E-state index contributed by atoms with van der Waals surface area (Å²) >= 11 is 12.2. The summed E-state index contributed by atoms with van der Waals surface area (Å²) in [7, 11) is 0. The highest BCUT2D eigenvalue weighted by Gasteiger charge is 2.47. The van der Waals surface area contributed by atoms with Crippen LogP contribution in [0.15, 0.2) is 72.3 Å². The van der Waals surface area contributed by atoms with Gasteiger partial charge in [-0.1, -0.05) is 87.3 Å². The SMILES string of the molecule is CC(C)c1ccc(C2/C(=C(/O)c3ccc(Cl)c(Cl)c3)C(=O)C(=O)N2c2ccc(C(C)C)cc2)cc1. The predicted octanol–water partition coefficient (Wildman–Crippen LogP) is 7.87. The Balaban J connectivity index is 1.91. The third kappa shape index (κ3) is 4.73. The van der Waals surface area contributed by atoms with Crippen LogP contribution in [0.2, 0.25) is 10.0 Å². The summed E-state index contributed by atoms with van der Waals surface area (Å²) in [5, 5.41) is 11.8. The van der Waals surface area contributed by atoms with E-state index in [9.17, 15) is 14.7 Å².